The van der Waals surface area contributed by atoms with Crippen LogP contribution in [0.15, 0.2) is 24.3 Å². The maximum atomic E-state index is 10.7. The van der Waals surface area contributed by atoms with Crippen LogP contribution < -0.4 is 0 Å². The third-order valence-corrected chi connectivity index (χ3v) is 1.76. The summed E-state index contributed by atoms with van der Waals surface area (Å²) >= 11 is 0. The molecule has 0 aliphatic rings. The molecule has 1 aromatic rings. The predicted octanol–water partition coefficient (Wildman–Crippen LogP) is 1.36. The summed E-state index contributed by atoms with van der Waals surface area (Å²) in [6.45, 7) is 0.574. The lowest BCUT2D eigenvalue weighted by molar-refractivity contribution is -0.133. The Morgan fingerprint density at radius 3 is 2.47 bits per heavy atom. The van der Waals surface area contributed by atoms with Gasteiger partial charge in [0.05, 0.1) is 13.7 Å². The van der Waals surface area contributed by atoms with Gasteiger partial charge in [-0.15, -0.1) is 0 Å². The van der Waals surface area contributed by atoms with Gasteiger partial charge in [0, 0.05) is 18.6 Å². The summed E-state index contributed by atoms with van der Waals surface area (Å²) in [5.41, 5.74) is 1.85. The number of benzene rings is 1. The molecule has 0 aliphatic heterocycles. The number of esters is 1. The van der Waals surface area contributed by atoms with Crippen molar-refractivity contribution < 1.29 is 14.3 Å². The van der Waals surface area contributed by atoms with Crippen LogP contribution in [-0.4, -0.2) is 20.2 Å². The standard InChI is InChI=1S/C12H12O3/c1-14-9-11-5-3-10(4-6-11)7-8-12(13)15-2/h3-6H,9H2,1-2H3. The fourth-order valence-corrected chi connectivity index (χ4v) is 1.03. The quantitative estimate of drug-likeness (QED) is 0.539. The predicted molar refractivity (Wildman–Crippen MR) is 56.0 cm³/mol. The highest BCUT2D eigenvalue weighted by Gasteiger charge is 1.93. The first-order valence-electron chi connectivity index (χ1n) is 4.44. The van der Waals surface area contributed by atoms with E-state index in [1.54, 1.807) is 7.11 Å². The first kappa shape index (κ1) is 11.3. The monoisotopic (exact) mass is 204 g/mol. The smallest absolute Gasteiger partial charge is 0.384 e. The zero-order valence-corrected chi connectivity index (χ0v) is 8.74. The highest BCUT2D eigenvalue weighted by Crippen LogP contribution is 2.03. The summed E-state index contributed by atoms with van der Waals surface area (Å²) in [7, 11) is 2.95. The van der Waals surface area contributed by atoms with E-state index in [-0.39, 0.29) is 0 Å². The van der Waals surface area contributed by atoms with Crippen molar-refractivity contribution in [3.63, 3.8) is 0 Å². The third kappa shape index (κ3) is 3.84. The Morgan fingerprint density at radius 1 is 1.27 bits per heavy atom. The molecule has 0 unspecified atom stereocenters. The summed E-state index contributed by atoms with van der Waals surface area (Å²) < 4.78 is 9.37. The van der Waals surface area contributed by atoms with Crippen molar-refractivity contribution in [2.45, 2.75) is 6.61 Å². The van der Waals surface area contributed by atoms with Gasteiger partial charge in [-0.1, -0.05) is 18.1 Å². The van der Waals surface area contributed by atoms with Crippen LogP contribution in [0.5, 0.6) is 0 Å². The van der Waals surface area contributed by atoms with E-state index >= 15 is 0 Å². The van der Waals surface area contributed by atoms with E-state index < -0.39 is 5.97 Å². The van der Waals surface area contributed by atoms with E-state index in [2.05, 4.69) is 16.6 Å². The molecule has 0 N–H and O–H groups in total. The van der Waals surface area contributed by atoms with Crippen molar-refractivity contribution >= 4 is 5.97 Å². The first-order valence-corrected chi connectivity index (χ1v) is 4.44. The van der Waals surface area contributed by atoms with Crippen LogP contribution >= 0.6 is 0 Å². The molecular formula is C12H12O3. The molecule has 0 spiro atoms. The normalized spacial score (nSPS) is 8.93. The van der Waals surface area contributed by atoms with Gasteiger partial charge in [-0.05, 0) is 17.7 Å². The maximum absolute atomic E-state index is 10.7. The lowest BCUT2D eigenvalue weighted by atomic mass is 10.1. The molecule has 0 heterocycles. The fourth-order valence-electron chi connectivity index (χ4n) is 1.03. The van der Waals surface area contributed by atoms with Crippen molar-refractivity contribution in [1.82, 2.24) is 0 Å². The van der Waals surface area contributed by atoms with Crippen molar-refractivity contribution in [3.8, 4) is 11.8 Å². The lowest BCUT2D eigenvalue weighted by Gasteiger charge is -1.98. The summed E-state index contributed by atoms with van der Waals surface area (Å²) in [5.74, 6) is 4.53. The average Bonchev–Trinajstić information content (AvgIpc) is 2.28. The van der Waals surface area contributed by atoms with E-state index in [1.165, 1.54) is 7.11 Å². The van der Waals surface area contributed by atoms with E-state index in [0.717, 1.165) is 11.1 Å². The molecule has 0 saturated carbocycles. The van der Waals surface area contributed by atoms with Gasteiger partial charge in [0.2, 0.25) is 0 Å². The van der Waals surface area contributed by atoms with Crippen LogP contribution in [0.1, 0.15) is 11.1 Å². The number of carbonyl (C=O) groups excluding carboxylic acids is 1. The van der Waals surface area contributed by atoms with E-state index in [0.29, 0.717) is 6.61 Å². The fraction of sp³-hybridized carbons (Fsp3) is 0.250. The Morgan fingerprint density at radius 2 is 1.93 bits per heavy atom. The van der Waals surface area contributed by atoms with Gasteiger partial charge in [0.1, 0.15) is 0 Å². The molecular weight excluding hydrogens is 192 g/mol. The number of methoxy groups -OCH3 is 2. The molecule has 0 radical (unpaired) electrons. The number of ether oxygens (including phenoxy) is 2. The second kappa shape index (κ2) is 5.84. The van der Waals surface area contributed by atoms with Crippen molar-refractivity contribution in [1.29, 1.82) is 0 Å². The molecule has 1 aromatic carbocycles. The maximum Gasteiger partial charge on any atom is 0.384 e. The Hall–Kier alpha value is -1.79. The lowest BCUT2D eigenvalue weighted by Crippen LogP contribution is -1.94. The molecule has 0 fully saturated rings. The van der Waals surface area contributed by atoms with Crippen LogP contribution in [0.25, 0.3) is 0 Å². The molecule has 1 rings (SSSR count). The van der Waals surface area contributed by atoms with E-state index in [9.17, 15) is 4.79 Å². The number of hydrogen-bond donors (Lipinski definition) is 0. The van der Waals surface area contributed by atoms with Crippen molar-refractivity contribution in [3.05, 3.63) is 35.4 Å². The third-order valence-electron chi connectivity index (χ3n) is 1.76. The largest absolute Gasteiger partial charge is 0.459 e. The van der Waals surface area contributed by atoms with Crippen LogP contribution in [0, 0.1) is 11.8 Å². The van der Waals surface area contributed by atoms with Gasteiger partial charge in [-0.3, -0.25) is 0 Å². The van der Waals surface area contributed by atoms with Gasteiger partial charge in [-0.25, -0.2) is 4.79 Å². The highest BCUT2D eigenvalue weighted by atomic mass is 16.5. The molecule has 15 heavy (non-hydrogen) atoms. The van der Waals surface area contributed by atoms with Crippen LogP contribution in [0.2, 0.25) is 0 Å². The summed E-state index contributed by atoms with van der Waals surface area (Å²) in [4.78, 5) is 10.7. The Labute approximate surface area is 89.0 Å². The minimum Gasteiger partial charge on any atom is -0.459 e. The summed E-state index contributed by atoms with van der Waals surface area (Å²) in [6, 6.07) is 7.49. The average molecular weight is 204 g/mol. The second-order valence-electron chi connectivity index (χ2n) is 2.87. The van der Waals surface area contributed by atoms with Crippen LogP contribution in [0.3, 0.4) is 0 Å². The van der Waals surface area contributed by atoms with Gasteiger partial charge in [0.15, 0.2) is 0 Å². The Balaban J connectivity index is 2.70. The van der Waals surface area contributed by atoms with Gasteiger partial charge >= 0.3 is 5.97 Å². The first-order chi connectivity index (χ1) is 7.26. The van der Waals surface area contributed by atoms with Crippen molar-refractivity contribution in [2.75, 3.05) is 14.2 Å². The van der Waals surface area contributed by atoms with Gasteiger partial charge in [0.25, 0.3) is 0 Å². The van der Waals surface area contributed by atoms with Crippen molar-refractivity contribution in [2.24, 2.45) is 0 Å². The van der Waals surface area contributed by atoms with Crippen LogP contribution in [-0.2, 0) is 20.9 Å². The summed E-state index contributed by atoms with van der Waals surface area (Å²) in [5, 5.41) is 0. The Kier molecular flexibility index (Phi) is 4.39. The minimum atomic E-state index is -0.532. The molecule has 3 heteroatoms. The zero-order chi connectivity index (χ0) is 11.1. The molecule has 0 aromatic heterocycles. The number of rotatable bonds is 2. The molecule has 0 aliphatic carbocycles. The Bertz CT molecular complexity index is 382. The van der Waals surface area contributed by atoms with Crippen LogP contribution in [0.4, 0.5) is 0 Å². The molecule has 0 amide bonds. The molecule has 0 atom stereocenters. The molecule has 0 bridgehead atoms. The molecule has 0 saturated heterocycles. The zero-order valence-electron chi connectivity index (χ0n) is 8.74. The highest BCUT2D eigenvalue weighted by molar-refractivity contribution is 5.88. The topological polar surface area (TPSA) is 35.5 Å². The molecule has 78 valence electrons. The minimum absolute atomic E-state index is 0.532. The number of hydrogen-bond acceptors (Lipinski definition) is 3. The SMILES string of the molecule is COCc1ccc(C#CC(=O)OC)cc1. The van der Waals surface area contributed by atoms with Gasteiger partial charge in [-0.2, -0.15) is 0 Å². The summed E-state index contributed by atoms with van der Waals surface area (Å²) in [6.07, 6.45) is 0. The van der Waals surface area contributed by atoms with E-state index in [1.807, 2.05) is 24.3 Å². The molecule has 3 nitrogen and oxygen atoms in total. The van der Waals surface area contributed by atoms with E-state index in [4.69, 9.17) is 4.74 Å². The number of carbonyl (C=O) groups is 1. The van der Waals surface area contributed by atoms with Gasteiger partial charge < -0.3 is 9.47 Å². The second-order valence-corrected chi connectivity index (χ2v) is 2.87.